The highest BCUT2D eigenvalue weighted by Crippen LogP contribution is 2.21. The summed E-state index contributed by atoms with van der Waals surface area (Å²) in [5.41, 5.74) is 4.93. The molecule has 0 bridgehead atoms. The van der Waals surface area contributed by atoms with Crippen LogP contribution in [0.4, 0.5) is 4.79 Å². The third-order valence-electron chi connectivity index (χ3n) is 3.88. The van der Waals surface area contributed by atoms with Crippen LogP contribution >= 0.6 is 11.6 Å². The minimum Gasteiger partial charge on any atom is -0.351 e. The van der Waals surface area contributed by atoms with E-state index in [9.17, 15) is 18.0 Å². The van der Waals surface area contributed by atoms with Crippen LogP contribution in [-0.2, 0) is 14.8 Å². The fraction of sp³-hybridized carbons (Fsp3) is 0.429. The Morgan fingerprint density at radius 2 is 1.88 bits per heavy atom. The Morgan fingerprint density at radius 3 is 2.42 bits per heavy atom. The first-order valence-electron chi connectivity index (χ1n) is 7.32. The number of sulfonamides is 1. The van der Waals surface area contributed by atoms with Gasteiger partial charge in [-0.15, -0.1) is 0 Å². The third kappa shape index (κ3) is 4.23. The first-order valence-corrected chi connectivity index (χ1v) is 9.13. The number of nitrogens with two attached hydrogens (primary N) is 1. The number of piperazine rings is 1. The van der Waals surface area contributed by atoms with Gasteiger partial charge in [-0.25, -0.2) is 13.2 Å². The van der Waals surface area contributed by atoms with Gasteiger partial charge in [-0.1, -0.05) is 17.7 Å². The van der Waals surface area contributed by atoms with Gasteiger partial charge in [-0.05, 0) is 25.1 Å². The molecule has 1 aromatic rings. The molecule has 8 nitrogen and oxygen atoms in total. The molecule has 1 aromatic carbocycles. The Bertz CT molecular complexity index is 732. The van der Waals surface area contributed by atoms with E-state index in [4.69, 9.17) is 17.3 Å². The van der Waals surface area contributed by atoms with Gasteiger partial charge in [-0.3, -0.25) is 15.0 Å². The molecule has 1 fully saturated rings. The highest BCUT2D eigenvalue weighted by molar-refractivity contribution is 7.89. The van der Waals surface area contributed by atoms with E-state index in [0.717, 1.165) is 0 Å². The van der Waals surface area contributed by atoms with Gasteiger partial charge in [0, 0.05) is 31.2 Å². The maximum absolute atomic E-state index is 12.6. The summed E-state index contributed by atoms with van der Waals surface area (Å²) in [6, 6.07) is 4.62. The van der Waals surface area contributed by atoms with E-state index in [1.54, 1.807) is 24.0 Å². The molecule has 10 heteroatoms. The summed E-state index contributed by atoms with van der Waals surface area (Å²) in [6.45, 7) is 2.85. The van der Waals surface area contributed by atoms with Crippen LogP contribution in [0.5, 0.6) is 0 Å². The molecule has 0 saturated carbocycles. The summed E-state index contributed by atoms with van der Waals surface area (Å²) >= 11 is 5.86. The average Bonchev–Trinajstić information content (AvgIpc) is 2.53. The van der Waals surface area contributed by atoms with E-state index < -0.39 is 28.0 Å². The van der Waals surface area contributed by atoms with Gasteiger partial charge in [0.05, 0.1) is 10.9 Å². The highest BCUT2D eigenvalue weighted by atomic mass is 35.5. The number of benzene rings is 1. The number of amides is 3. The predicted octanol–water partition coefficient (Wildman–Crippen LogP) is 0.230. The smallest absolute Gasteiger partial charge is 0.318 e. The third-order valence-corrected chi connectivity index (χ3v) is 6.01. The monoisotopic (exact) mass is 374 g/mol. The molecule has 1 saturated heterocycles. The van der Waals surface area contributed by atoms with Gasteiger partial charge in [-0.2, -0.15) is 4.31 Å². The van der Waals surface area contributed by atoms with E-state index in [0.29, 0.717) is 18.1 Å². The largest absolute Gasteiger partial charge is 0.351 e. The quantitative estimate of drug-likeness (QED) is 0.783. The molecule has 1 aliphatic heterocycles. The van der Waals surface area contributed by atoms with Gasteiger partial charge in [0.2, 0.25) is 15.9 Å². The van der Waals surface area contributed by atoms with Crippen molar-refractivity contribution >= 4 is 33.6 Å². The van der Waals surface area contributed by atoms with Gasteiger partial charge in [0.25, 0.3) is 0 Å². The topological polar surface area (TPSA) is 113 Å². The summed E-state index contributed by atoms with van der Waals surface area (Å²) in [4.78, 5) is 24.5. The number of nitrogens with one attached hydrogen (secondary N) is 1. The Hall–Kier alpha value is -1.68. The molecule has 24 heavy (non-hydrogen) atoms. The minimum atomic E-state index is -3.63. The Balaban J connectivity index is 2.02. The molecule has 1 heterocycles. The Morgan fingerprint density at radius 1 is 1.25 bits per heavy atom. The number of rotatable bonds is 4. The summed E-state index contributed by atoms with van der Waals surface area (Å²) in [5, 5.41) is 2.38. The second-order valence-electron chi connectivity index (χ2n) is 5.43. The predicted molar refractivity (Wildman–Crippen MR) is 89.0 cm³/mol. The molecule has 1 aliphatic rings. The molecule has 0 aliphatic carbocycles. The first-order chi connectivity index (χ1) is 11.2. The lowest BCUT2D eigenvalue weighted by Gasteiger charge is -2.36. The van der Waals surface area contributed by atoms with E-state index in [-0.39, 0.29) is 18.0 Å². The van der Waals surface area contributed by atoms with Gasteiger partial charge in [0.1, 0.15) is 0 Å². The minimum absolute atomic E-state index is 0.142. The Kier molecular flexibility index (Phi) is 5.81. The summed E-state index contributed by atoms with van der Waals surface area (Å²) in [7, 11) is -3.63. The number of nitrogens with zero attached hydrogens (tertiary/aromatic N) is 2. The normalized spacial score (nSPS) is 18.1. The molecule has 0 aromatic heterocycles. The second-order valence-corrected chi connectivity index (χ2v) is 7.80. The van der Waals surface area contributed by atoms with Crippen molar-refractivity contribution < 1.29 is 18.0 Å². The molecule has 3 amide bonds. The van der Waals surface area contributed by atoms with Gasteiger partial charge in [0.15, 0.2) is 0 Å². The molecule has 3 N–H and O–H groups in total. The molecule has 0 spiro atoms. The number of urea groups is 1. The van der Waals surface area contributed by atoms with E-state index >= 15 is 0 Å². The van der Waals surface area contributed by atoms with Crippen LogP contribution in [0.25, 0.3) is 0 Å². The van der Waals surface area contributed by atoms with E-state index in [1.807, 2.05) is 5.32 Å². The summed E-state index contributed by atoms with van der Waals surface area (Å²) in [5.74, 6) is -0.506. The standard InChI is InChI=1S/C14H19ClN4O4S/c1-10(13(20)17-14(16)21)18-5-7-19(8-6-18)24(22,23)12-4-2-3-11(15)9-12/h2-4,9-10H,5-8H2,1H3,(H3,16,17,20,21). The van der Waals surface area contributed by atoms with Crippen molar-refractivity contribution in [1.29, 1.82) is 0 Å². The van der Waals surface area contributed by atoms with Crippen LogP contribution in [0.15, 0.2) is 29.2 Å². The lowest BCUT2D eigenvalue weighted by atomic mass is 10.2. The van der Waals surface area contributed by atoms with Crippen molar-refractivity contribution in [2.24, 2.45) is 5.73 Å². The molecule has 1 atom stereocenters. The zero-order chi connectivity index (χ0) is 17.9. The van der Waals surface area contributed by atoms with Crippen LogP contribution in [0.3, 0.4) is 0 Å². The number of carbonyl (C=O) groups excluding carboxylic acids is 2. The average molecular weight is 375 g/mol. The van der Waals surface area contributed by atoms with Crippen molar-refractivity contribution in [2.75, 3.05) is 26.2 Å². The van der Waals surface area contributed by atoms with Crippen LogP contribution < -0.4 is 11.1 Å². The number of halogens is 1. The number of imide groups is 1. The summed E-state index contributed by atoms with van der Waals surface area (Å²) < 4.78 is 26.6. The van der Waals surface area contributed by atoms with E-state index in [1.165, 1.54) is 16.4 Å². The zero-order valence-electron chi connectivity index (χ0n) is 13.1. The number of primary amides is 1. The van der Waals surface area contributed by atoms with Gasteiger partial charge < -0.3 is 5.73 Å². The second kappa shape index (κ2) is 7.47. The molecular formula is C14H19ClN4O4S. The van der Waals surface area contributed by atoms with Crippen molar-refractivity contribution in [3.63, 3.8) is 0 Å². The lowest BCUT2D eigenvalue weighted by molar-refractivity contribution is -0.125. The van der Waals surface area contributed by atoms with E-state index in [2.05, 4.69) is 0 Å². The fourth-order valence-corrected chi connectivity index (χ4v) is 4.22. The molecule has 2 rings (SSSR count). The van der Waals surface area contributed by atoms with Crippen LogP contribution in [-0.4, -0.2) is 61.8 Å². The first kappa shape index (κ1) is 18.7. The van der Waals surface area contributed by atoms with Crippen LogP contribution in [0.2, 0.25) is 5.02 Å². The highest BCUT2D eigenvalue weighted by Gasteiger charge is 2.32. The molecule has 132 valence electrons. The van der Waals surface area contributed by atoms with Gasteiger partial charge >= 0.3 is 6.03 Å². The number of hydrogen-bond donors (Lipinski definition) is 2. The Labute approximate surface area is 145 Å². The lowest BCUT2D eigenvalue weighted by Crippen LogP contribution is -2.55. The fourth-order valence-electron chi connectivity index (χ4n) is 2.50. The molecule has 1 unspecified atom stereocenters. The van der Waals surface area contributed by atoms with Crippen LogP contribution in [0.1, 0.15) is 6.92 Å². The number of hydrogen-bond acceptors (Lipinski definition) is 5. The zero-order valence-corrected chi connectivity index (χ0v) is 14.7. The maximum Gasteiger partial charge on any atom is 0.318 e. The maximum atomic E-state index is 12.6. The summed E-state index contributed by atoms with van der Waals surface area (Å²) in [6.07, 6.45) is 0. The molecule has 0 radical (unpaired) electrons. The van der Waals surface area contributed by atoms with Crippen molar-refractivity contribution in [2.45, 2.75) is 17.9 Å². The van der Waals surface area contributed by atoms with Crippen molar-refractivity contribution in [1.82, 2.24) is 14.5 Å². The molecular weight excluding hydrogens is 356 g/mol. The SMILES string of the molecule is CC(C(=O)NC(N)=O)N1CCN(S(=O)(=O)c2cccc(Cl)c2)CC1. The van der Waals surface area contributed by atoms with Crippen molar-refractivity contribution in [3.05, 3.63) is 29.3 Å². The van der Waals surface area contributed by atoms with Crippen LogP contribution in [0, 0.1) is 0 Å². The van der Waals surface area contributed by atoms with Crippen molar-refractivity contribution in [3.8, 4) is 0 Å². The number of carbonyl (C=O) groups is 2.